The van der Waals surface area contributed by atoms with Crippen molar-refractivity contribution in [2.75, 3.05) is 26.2 Å². The van der Waals surface area contributed by atoms with Crippen molar-refractivity contribution in [2.24, 2.45) is 29.2 Å². The molecule has 0 spiro atoms. The molecule has 0 aromatic heterocycles. The van der Waals surface area contributed by atoms with Gasteiger partial charge in [-0.2, -0.15) is 0 Å². The fourth-order valence-corrected chi connectivity index (χ4v) is 10.5. The maximum atomic E-state index is 14.6. The number of carboxylic acids is 3. The smallest absolute Gasteiger partial charge is 0.326 e. The summed E-state index contributed by atoms with van der Waals surface area (Å²) in [6.07, 6.45) is 0.180. The summed E-state index contributed by atoms with van der Waals surface area (Å²) < 4.78 is 0. The first-order valence-corrected chi connectivity index (χ1v) is 30.5. The number of nitrogens with zero attached hydrogens (tertiary/aromatic N) is 2. The van der Waals surface area contributed by atoms with Gasteiger partial charge in [-0.1, -0.05) is 41.5 Å². The third kappa shape index (κ3) is 24.1. The van der Waals surface area contributed by atoms with Crippen LogP contribution in [-0.2, 0) is 71.9 Å². The highest BCUT2D eigenvalue weighted by Crippen LogP contribution is 2.24. The van der Waals surface area contributed by atoms with E-state index in [4.69, 9.17) is 11.5 Å². The van der Waals surface area contributed by atoms with Crippen molar-refractivity contribution < 1.29 is 87.2 Å². The molecule has 0 aromatic carbocycles. The second-order valence-corrected chi connectivity index (χ2v) is 24.0. The third-order valence-corrected chi connectivity index (χ3v) is 15.5. The van der Waals surface area contributed by atoms with E-state index in [9.17, 15) is 87.2 Å². The zero-order valence-electron chi connectivity index (χ0n) is 52.1. The minimum absolute atomic E-state index is 0.0342. The van der Waals surface area contributed by atoms with Gasteiger partial charge in [-0.15, -0.1) is 0 Å². The van der Waals surface area contributed by atoms with Crippen LogP contribution in [0.15, 0.2) is 0 Å². The Labute approximate surface area is 517 Å². The molecule has 0 bridgehead atoms. The normalized spacial score (nSPS) is 19.4. The van der Waals surface area contributed by atoms with Crippen LogP contribution in [0.1, 0.15) is 152 Å². The lowest BCUT2D eigenvalue weighted by molar-refractivity contribution is -0.147. The van der Waals surface area contributed by atoms with Crippen molar-refractivity contribution >= 4 is 88.8 Å². The lowest BCUT2D eigenvalue weighted by atomic mass is 9.98. The summed E-state index contributed by atoms with van der Waals surface area (Å²) in [6.45, 7) is 13.9. The average Bonchev–Trinajstić information content (AvgIpc) is 3.63. The summed E-state index contributed by atoms with van der Waals surface area (Å²) >= 11 is 0. The second-order valence-electron chi connectivity index (χ2n) is 24.0. The predicted octanol–water partition coefficient (Wildman–Crippen LogP) is -3.70. The molecule has 12 amide bonds. The van der Waals surface area contributed by atoms with Gasteiger partial charge in [0.05, 0.1) is 12.5 Å². The van der Waals surface area contributed by atoms with Gasteiger partial charge >= 0.3 is 17.9 Å². The Morgan fingerprint density at radius 2 is 0.989 bits per heavy atom. The number of primary amides is 1. The lowest BCUT2D eigenvalue weighted by Crippen LogP contribution is -2.61. The van der Waals surface area contributed by atoms with E-state index in [-0.39, 0.29) is 70.0 Å². The number of nitrogens with two attached hydrogens (primary N) is 2. The second kappa shape index (κ2) is 36.5. The van der Waals surface area contributed by atoms with Gasteiger partial charge in [0.2, 0.25) is 70.9 Å². The van der Waals surface area contributed by atoms with Crippen molar-refractivity contribution in [2.45, 2.75) is 224 Å². The molecule has 3 rings (SSSR count). The van der Waals surface area contributed by atoms with E-state index in [2.05, 4.69) is 47.9 Å². The molecule has 3 fully saturated rings. The Bertz CT molecular complexity index is 2560. The van der Waals surface area contributed by atoms with Crippen molar-refractivity contribution in [1.82, 2.24) is 63.0 Å². The molecule has 3 saturated heterocycles. The minimum Gasteiger partial charge on any atom is -0.481 e. The number of amides is 12. The number of likely N-dealkylation sites (tertiary alicyclic amines) is 2. The SMILES string of the molecule is CC(C)C[C@H](NC(=O)[C@@H]1CCCN1C(=O)[C@@H](NC(=O)[C@@H]1CCCN1C(=O)[C@H](CCC(=O)O)NC(=O)[C@H](C)NC(=O)[C@H](C)NC(=O)[C@@H]1CCCN1)C(C)C)C(=O)N[C@H](C(=O)N[C@@H](CCCCN)C(=O)N[C@@H](CCC(N)=O)C(=O)N[C@@H](CC(=O)O)C(=O)O)C(C)C. The Balaban J connectivity index is 1.78. The Morgan fingerprint density at radius 3 is 1.51 bits per heavy atom. The maximum Gasteiger partial charge on any atom is 0.326 e. The molecule has 32 nitrogen and oxygen atoms in total. The van der Waals surface area contributed by atoms with Gasteiger partial charge in [0.15, 0.2) is 0 Å². The predicted molar refractivity (Wildman–Crippen MR) is 316 cm³/mol. The largest absolute Gasteiger partial charge is 0.481 e. The van der Waals surface area contributed by atoms with Gasteiger partial charge in [-0.3, -0.25) is 67.1 Å². The number of aliphatic carboxylic acids is 3. The first-order valence-electron chi connectivity index (χ1n) is 30.5. The van der Waals surface area contributed by atoms with Crippen molar-refractivity contribution in [3.05, 3.63) is 0 Å². The van der Waals surface area contributed by atoms with Gasteiger partial charge in [0, 0.05) is 25.9 Å². The number of nitrogens with one attached hydrogen (secondary N) is 10. The number of unbranched alkanes of at least 4 members (excludes halogenated alkanes) is 1. The summed E-state index contributed by atoms with van der Waals surface area (Å²) in [6, 6.07) is -15.3. The van der Waals surface area contributed by atoms with Crippen LogP contribution in [-0.4, -0.2) is 213 Å². The fourth-order valence-electron chi connectivity index (χ4n) is 10.5. The molecule has 0 aliphatic carbocycles. The Hall–Kier alpha value is -8.03. The summed E-state index contributed by atoms with van der Waals surface area (Å²) in [5.41, 5.74) is 11.0. The number of hydrogen-bond donors (Lipinski definition) is 15. The van der Waals surface area contributed by atoms with E-state index in [1.807, 2.05) is 5.32 Å². The van der Waals surface area contributed by atoms with E-state index in [0.717, 1.165) is 6.42 Å². The summed E-state index contributed by atoms with van der Waals surface area (Å²) in [4.78, 5) is 201. The van der Waals surface area contributed by atoms with Crippen molar-refractivity contribution in [1.29, 1.82) is 0 Å². The topological polar surface area (TPSA) is 496 Å². The molecule has 17 N–H and O–H groups in total. The molecule has 12 atom stereocenters. The van der Waals surface area contributed by atoms with E-state index >= 15 is 0 Å². The van der Waals surface area contributed by atoms with Crippen LogP contribution in [0.25, 0.3) is 0 Å². The van der Waals surface area contributed by atoms with Crippen LogP contribution < -0.4 is 64.6 Å². The quantitative estimate of drug-likeness (QED) is 0.0266. The zero-order valence-corrected chi connectivity index (χ0v) is 52.1. The van der Waals surface area contributed by atoms with Crippen LogP contribution in [0.3, 0.4) is 0 Å². The van der Waals surface area contributed by atoms with Gasteiger partial charge in [0.1, 0.15) is 66.5 Å². The molecule has 0 aromatic rings. The Kier molecular flexibility index (Phi) is 30.8. The molecular formula is C57H94N14O18. The molecule has 0 saturated carbocycles. The van der Waals surface area contributed by atoms with Crippen LogP contribution in [0.4, 0.5) is 0 Å². The number of hydrogen-bond acceptors (Lipinski definition) is 17. The van der Waals surface area contributed by atoms with Gasteiger partial charge < -0.3 is 89.8 Å². The molecule has 3 aliphatic rings. The molecule has 500 valence electrons. The number of carbonyl (C=O) groups is 15. The highest BCUT2D eigenvalue weighted by molar-refractivity contribution is 6.00. The Morgan fingerprint density at radius 1 is 0.483 bits per heavy atom. The minimum atomic E-state index is -1.91. The van der Waals surface area contributed by atoms with Crippen molar-refractivity contribution in [3.63, 3.8) is 0 Å². The highest BCUT2D eigenvalue weighted by atomic mass is 16.4. The molecule has 89 heavy (non-hydrogen) atoms. The van der Waals surface area contributed by atoms with E-state index in [1.54, 1.807) is 41.5 Å². The highest BCUT2D eigenvalue weighted by Gasteiger charge is 2.44. The van der Waals surface area contributed by atoms with E-state index in [0.29, 0.717) is 32.2 Å². The maximum absolute atomic E-state index is 14.6. The van der Waals surface area contributed by atoms with Crippen LogP contribution in [0, 0.1) is 17.8 Å². The first-order chi connectivity index (χ1) is 41.8. The molecule has 32 heteroatoms. The number of rotatable bonds is 37. The fraction of sp³-hybridized carbons (Fsp3) is 0.737. The molecule has 0 unspecified atom stereocenters. The van der Waals surface area contributed by atoms with Crippen LogP contribution in [0.5, 0.6) is 0 Å². The molecule has 3 aliphatic heterocycles. The summed E-state index contributed by atoms with van der Waals surface area (Å²) in [7, 11) is 0. The summed E-state index contributed by atoms with van der Waals surface area (Å²) in [5.74, 6) is -15.4. The first kappa shape index (κ1) is 75.2. The monoisotopic (exact) mass is 1260 g/mol. The van der Waals surface area contributed by atoms with Gasteiger partial charge in [0.25, 0.3) is 0 Å². The zero-order chi connectivity index (χ0) is 67.0. The lowest BCUT2D eigenvalue weighted by Gasteiger charge is -2.33. The van der Waals surface area contributed by atoms with Crippen molar-refractivity contribution in [3.8, 4) is 0 Å². The number of carbonyl (C=O) groups excluding carboxylic acids is 12. The number of carboxylic acid groups (broad SMARTS) is 3. The molecule has 0 radical (unpaired) electrons. The standard InChI is InChI=1S/C57H94N14O18/c1-28(2)26-37(51(82)68-44(29(3)4)54(85)64-34(14-9-10-22-58)49(80)63-35(18-20-41(59)72)50(81)67-38(57(88)89)27-43(75)76)66-52(83)39-16-13-25-71(39)56(87)45(30(5)6)69-53(84)40-17-12-24-70(40)55(86)36(19-21-42(73)74)65-47(78)32(8)61-46(77)31(7)62-48(79)33-15-11-23-60-33/h28-40,44-45,60H,9-27,58H2,1-8H3,(H2,59,72)(H,61,77)(H,62,79)(H,63,80)(H,64,85)(H,65,78)(H,66,83)(H,67,81)(H,68,82)(H,69,84)(H,73,74)(H,75,76)(H,88,89)/t31-,32-,33-,34-,35-,36-,37-,38-,39-,40-,44-,45-/m0/s1. The average molecular weight is 1260 g/mol. The van der Waals surface area contributed by atoms with Crippen LogP contribution >= 0.6 is 0 Å². The van der Waals surface area contributed by atoms with Crippen LogP contribution in [0.2, 0.25) is 0 Å². The molecular weight excluding hydrogens is 1170 g/mol. The molecule has 3 heterocycles. The third-order valence-electron chi connectivity index (χ3n) is 15.5. The van der Waals surface area contributed by atoms with Gasteiger partial charge in [-0.05, 0) is 122 Å². The van der Waals surface area contributed by atoms with Gasteiger partial charge in [-0.25, -0.2) is 4.79 Å². The van der Waals surface area contributed by atoms with E-state index in [1.165, 1.54) is 23.6 Å². The van der Waals surface area contributed by atoms with E-state index < -0.39 is 193 Å². The summed E-state index contributed by atoms with van der Waals surface area (Å²) in [5, 5.41) is 54.1.